The molecule has 2 heterocycles. The van der Waals surface area contributed by atoms with Gasteiger partial charge in [-0.3, -0.25) is 4.90 Å². The monoisotopic (exact) mass is 210 g/mol. The SMILES string of the molecule is CC(C)(O)CCN1CCn2cnnc2C1. The first-order valence-corrected chi connectivity index (χ1v) is 5.36. The molecule has 2 rings (SSSR count). The van der Waals surface area contributed by atoms with Gasteiger partial charge in [-0.05, 0) is 20.3 Å². The molecule has 0 unspecified atom stereocenters. The Morgan fingerprint density at radius 1 is 1.47 bits per heavy atom. The third-order valence-electron chi connectivity index (χ3n) is 2.76. The zero-order valence-electron chi connectivity index (χ0n) is 9.35. The predicted octanol–water partition coefficient (Wildman–Crippen LogP) is 0.255. The number of hydrogen-bond donors (Lipinski definition) is 1. The van der Waals surface area contributed by atoms with Gasteiger partial charge in [-0.1, -0.05) is 0 Å². The van der Waals surface area contributed by atoms with Crippen LogP contribution in [0, 0.1) is 0 Å². The lowest BCUT2D eigenvalue weighted by Crippen LogP contribution is -2.37. The van der Waals surface area contributed by atoms with Crippen LogP contribution in [0.5, 0.6) is 0 Å². The van der Waals surface area contributed by atoms with Crippen molar-refractivity contribution in [1.82, 2.24) is 19.7 Å². The van der Waals surface area contributed by atoms with E-state index < -0.39 is 5.60 Å². The van der Waals surface area contributed by atoms with E-state index >= 15 is 0 Å². The number of fused-ring (bicyclic) bond motifs is 1. The molecule has 0 radical (unpaired) electrons. The topological polar surface area (TPSA) is 54.2 Å². The molecule has 0 amide bonds. The van der Waals surface area contributed by atoms with Crippen LogP contribution in [0.2, 0.25) is 0 Å². The molecule has 0 aliphatic carbocycles. The highest BCUT2D eigenvalue weighted by molar-refractivity contribution is 4.90. The van der Waals surface area contributed by atoms with Crippen molar-refractivity contribution in [1.29, 1.82) is 0 Å². The van der Waals surface area contributed by atoms with E-state index in [9.17, 15) is 5.11 Å². The molecule has 0 aromatic carbocycles. The van der Waals surface area contributed by atoms with Crippen molar-refractivity contribution in [2.75, 3.05) is 13.1 Å². The molecule has 1 aromatic rings. The summed E-state index contributed by atoms with van der Waals surface area (Å²) in [5, 5.41) is 17.6. The van der Waals surface area contributed by atoms with Crippen LogP contribution in [0.4, 0.5) is 0 Å². The molecule has 5 heteroatoms. The van der Waals surface area contributed by atoms with Crippen LogP contribution >= 0.6 is 0 Å². The minimum atomic E-state index is -0.578. The third kappa shape index (κ3) is 2.76. The number of rotatable bonds is 3. The number of aliphatic hydroxyl groups is 1. The Bertz CT molecular complexity index is 328. The summed E-state index contributed by atoms with van der Waals surface area (Å²) in [6.45, 7) is 7.42. The first kappa shape index (κ1) is 10.6. The Labute approximate surface area is 89.7 Å². The van der Waals surface area contributed by atoms with Crippen LogP contribution in [0.3, 0.4) is 0 Å². The Balaban J connectivity index is 1.88. The molecule has 84 valence electrons. The largest absolute Gasteiger partial charge is 0.390 e. The Kier molecular flexibility index (Phi) is 2.75. The van der Waals surface area contributed by atoms with E-state index in [1.807, 2.05) is 13.8 Å². The van der Waals surface area contributed by atoms with Gasteiger partial charge in [0.25, 0.3) is 0 Å². The van der Waals surface area contributed by atoms with Crippen molar-refractivity contribution < 1.29 is 5.11 Å². The Morgan fingerprint density at radius 2 is 2.27 bits per heavy atom. The van der Waals surface area contributed by atoms with Crippen LogP contribution in [0.25, 0.3) is 0 Å². The predicted molar refractivity (Wildman–Crippen MR) is 56.2 cm³/mol. The lowest BCUT2D eigenvalue weighted by atomic mass is 10.1. The van der Waals surface area contributed by atoms with Crippen LogP contribution in [0.15, 0.2) is 6.33 Å². The molecule has 0 spiro atoms. The lowest BCUT2D eigenvalue weighted by molar-refractivity contribution is 0.0534. The van der Waals surface area contributed by atoms with E-state index in [0.29, 0.717) is 0 Å². The van der Waals surface area contributed by atoms with Crippen molar-refractivity contribution >= 4 is 0 Å². The zero-order valence-corrected chi connectivity index (χ0v) is 9.35. The second kappa shape index (κ2) is 3.90. The molecule has 5 nitrogen and oxygen atoms in total. The average molecular weight is 210 g/mol. The highest BCUT2D eigenvalue weighted by Crippen LogP contribution is 2.13. The standard InChI is InChI=1S/C10H18N4O/c1-10(2,15)3-4-13-5-6-14-8-11-12-9(14)7-13/h8,15H,3-7H2,1-2H3. The minimum absolute atomic E-state index is 0.578. The molecule has 1 aromatic heterocycles. The maximum absolute atomic E-state index is 9.64. The summed E-state index contributed by atoms with van der Waals surface area (Å²) in [4.78, 5) is 2.31. The summed E-state index contributed by atoms with van der Waals surface area (Å²) in [5.74, 6) is 1.02. The maximum Gasteiger partial charge on any atom is 0.147 e. The molecule has 1 aliphatic heterocycles. The van der Waals surface area contributed by atoms with Crippen molar-refractivity contribution in [3.63, 3.8) is 0 Å². The first-order chi connectivity index (χ1) is 7.04. The molecule has 15 heavy (non-hydrogen) atoms. The molecule has 0 saturated heterocycles. The molecule has 0 fully saturated rings. The quantitative estimate of drug-likeness (QED) is 0.777. The van der Waals surface area contributed by atoms with Crippen LogP contribution < -0.4 is 0 Å². The van der Waals surface area contributed by atoms with Gasteiger partial charge in [-0.25, -0.2) is 0 Å². The van der Waals surface area contributed by atoms with Gasteiger partial charge in [-0.15, -0.1) is 10.2 Å². The lowest BCUT2D eigenvalue weighted by Gasteiger charge is -2.29. The molecule has 0 atom stereocenters. The summed E-state index contributed by atoms with van der Waals surface area (Å²) in [6.07, 6.45) is 2.57. The summed E-state index contributed by atoms with van der Waals surface area (Å²) in [5.41, 5.74) is -0.578. The molecule has 1 N–H and O–H groups in total. The van der Waals surface area contributed by atoms with Crippen LogP contribution in [0.1, 0.15) is 26.1 Å². The van der Waals surface area contributed by atoms with Crippen molar-refractivity contribution in [3.8, 4) is 0 Å². The Morgan fingerprint density at radius 3 is 3.00 bits per heavy atom. The van der Waals surface area contributed by atoms with Gasteiger partial charge in [-0.2, -0.15) is 0 Å². The average Bonchev–Trinajstić information content (AvgIpc) is 2.60. The van der Waals surface area contributed by atoms with Crippen LogP contribution in [-0.2, 0) is 13.1 Å². The molecular formula is C10H18N4O. The van der Waals surface area contributed by atoms with Gasteiger partial charge >= 0.3 is 0 Å². The van der Waals surface area contributed by atoms with Crippen molar-refractivity contribution in [3.05, 3.63) is 12.2 Å². The second-order valence-electron chi connectivity index (χ2n) is 4.78. The number of nitrogens with zero attached hydrogens (tertiary/aromatic N) is 4. The second-order valence-corrected chi connectivity index (χ2v) is 4.78. The van der Waals surface area contributed by atoms with Gasteiger partial charge in [0, 0.05) is 19.6 Å². The van der Waals surface area contributed by atoms with Gasteiger partial charge < -0.3 is 9.67 Å². The highest BCUT2D eigenvalue weighted by atomic mass is 16.3. The fraction of sp³-hybridized carbons (Fsp3) is 0.800. The van der Waals surface area contributed by atoms with E-state index in [1.54, 1.807) is 6.33 Å². The van der Waals surface area contributed by atoms with E-state index in [4.69, 9.17) is 0 Å². The van der Waals surface area contributed by atoms with Crippen LogP contribution in [-0.4, -0.2) is 43.5 Å². The number of hydrogen-bond acceptors (Lipinski definition) is 4. The van der Waals surface area contributed by atoms with E-state index in [1.165, 1.54) is 0 Å². The summed E-state index contributed by atoms with van der Waals surface area (Å²) >= 11 is 0. The van der Waals surface area contributed by atoms with Gasteiger partial charge in [0.2, 0.25) is 0 Å². The number of aromatic nitrogens is 3. The summed E-state index contributed by atoms with van der Waals surface area (Å²) in [7, 11) is 0. The van der Waals surface area contributed by atoms with Gasteiger partial charge in [0.15, 0.2) is 0 Å². The fourth-order valence-corrected chi connectivity index (χ4v) is 1.74. The highest BCUT2D eigenvalue weighted by Gasteiger charge is 2.20. The molecule has 0 saturated carbocycles. The minimum Gasteiger partial charge on any atom is -0.390 e. The fourth-order valence-electron chi connectivity index (χ4n) is 1.74. The van der Waals surface area contributed by atoms with E-state index in [-0.39, 0.29) is 0 Å². The Hall–Kier alpha value is -0.940. The van der Waals surface area contributed by atoms with E-state index in [0.717, 1.165) is 38.4 Å². The zero-order chi connectivity index (χ0) is 10.9. The van der Waals surface area contributed by atoms with Crippen molar-refractivity contribution in [2.45, 2.75) is 39.0 Å². The normalized spacial score (nSPS) is 17.8. The first-order valence-electron chi connectivity index (χ1n) is 5.36. The van der Waals surface area contributed by atoms with Crippen molar-refractivity contribution in [2.24, 2.45) is 0 Å². The smallest absolute Gasteiger partial charge is 0.147 e. The maximum atomic E-state index is 9.64. The summed E-state index contributed by atoms with van der Waals surface area (Å²) in [6, 6.07) is 0. The van der Waals surface area contributed by atoms with Gasteiger partial charge in [0.1, 0.15) is 12.2 Å². The van der Waals surface area contributed by atoms with Gasteiger partial charge in [0.05, 0.1) is 12.1 Å². The molecular weight excluding hydrogens is 192 g/mol. The summed E-state index contributed by atoms with van der Waals surface area (Å²) < 4.78 is 2.08. The third-order valence-corrected chi connectivity index (χ3v) is 2.76. The van der Waals surface area contributed by atoms with E-state index in [2.05, 4.69) is 19.7 Å². The molecule has 1 aliphatic rings. The molecule has 0 bridgehead atoms.